The van der Waals surface area contributed by atoms with Gasteiger partial charge in [-0.3, -0.25) is 4.79 Å². The van der Waals surface area contributed by atoms with Gasteiger partial charge in [-0.05, 0) is 5.10 Å². The van der Waals surface area contributed by atoms with Gasteiger partial charge in [-0.2, -0.15) is 0 Å². The summed E-state index contributed by atoms with van der Waals surface area (Å²) in [6.45, 7) is 0.668. The summed E-state index contributed by atoms with van der Waals surface area (Å²) in [5.74, 6) is 0.344. The van der Waals surface area contributed by atoms with Crippen LogP contribution in [0.1, 0.15) is 12.8 Å². The maximum absolute atomic E-state index is 10.9. The van der Waals surface area contributed by atoms with Gasteiger partial charge in [-0.25, -0.2) is 4.98 Å². The molecule has 0 aliphatic carbocycles. The van der Waals surface area contributed by atoms with Gasteiger partial charge < -0.3 is 9.15 Å². The first-order valence-electron chi connectivity index (χ1n) is 5.62. The molecular weight excluding hydrogens is 234 g/mol. The van der Waals surface area contributed by atoms with Crippen LogP contribution >= 0.6 is 0 Å². The fourth-order valence-corrected chi connectivity index (χ4v) is 1.50. The molecule has 0 spiro atoms. The molecule has 0 fully saturated rings. The number of methoxy groups -OCH3 is 1. The molecule has 2 aromatic heterocycles. The fraction of sp³-hybridized carbons (Fsp3) is 0.333. The second kappa shape index (κ2) is 5.90. The zero-order chi connectivity index (χ0) is 12.8. The first-order valence-corrected chi connectivity index (χ1v) is 5.62. The molecule has 18 heavy (non-hydrogen) atoms. The molecule has 2 aromatic rings. The summed E-state index contributed by atoms with van der Waals surface area (Å²) in [6.07, 6.45) is 7.72. The van der Waals surface area contributed by atoms with E-state index in [2.05, 4.69) is 14.8 Å². The third-order valence-corrected chi connectivity index (χ3v) is 2.45. The standard InChI is InChI=1S/C12H14N3O3/c1-17-11(16)3-2-6-15-7-4-10(9-14-15)12-13-5-8-18-12/h4-5,7-9H,2-3,6H2,1H3/q+1. The summed E-state index contributed by atoms with van der Waals surface area (Å²) in [6, 6.07) is 1.87. The van der Waals surface area contributed by atoms with Crippen LogP contribution in [0.2, 0.25) is 0 Å². The van der Waals surface area contributed by atoms with Gasteiger partial charge in [-0.15, -0.1) is 0 Å². The number of carbonyl (C=O) groups is 1. The van der Waals surface area contributed by atoms with Crippen LogP contribution in [0.4, 0.5) is 0 Å². The minimum Gasteiger partial charge on any atom is -0.469 e. The third kappa shape index (κ3) is 3.13. The Morgan fingerprint density at radius 3 is 3.06 bits per heavy atom. The van der Waals surface area contributed by atoms with Crippen LogP contribution in [0.25, 0.3) is 11.5 Å². The molecule has 0 radical (unpaired) electrons. The van der Waals surface area contributed by atoms with Crippen LogP contribution in [0.3, 0.4) is 0 Å². The van der Waals surface area contributed by atoms with E-state index < -0.39 is 0 Å². The summed E-state index contributed by atoms with van der Waals surface area (Å²) in [5.41, 5.74) is 0.823. The van der Waals surface area contributed by atoms with Crippen LogP contribution in [-0.2, 0) is 16.1 Å². The summed E-state index contributed by atoms with van der Waals surface area (Å²) in [7, 11) is 1.39. The number of hydrogen-bond donors (Lipinski definition) is 0. The lowest BCUT2D eigenvalue weighted by molar-refractivity contribution is -0.754. The number of ether oxygens (including phenoxy) is 1. The smallest absolute Gasteiger partial charge is 0.305 e. The lowest BCUT2D eigenvalue weighted by Gasteiger charge is -1.96. The van der Waals surface area contributed by atoms with Crippen molar-refractivity contribution in [2.24, 2.45) is 0 Å². The quantitative estimate of drug-likeness (QED) is 0.582. The number of rotatable bonds is 5. The Morgan fingerprint density at radius 1 is 1.56 bits per heavy atom. The lowest BCUT2D eigenvalue weighted by Crippen LogP contribution is -2.37. The zero-order valence-electron chi connectivity index (χ0n) is 10.1. The molecule has 0 bridgehead atoms. The summed E-state index contributed by atoms with van der Waals surface area (Å²) >= 11 is 0. The van der Waals surface area contributed by atoms with Gasteiger partial charge in [0.2, 0.25) is 5.89 Å². The van der Waals surface area contributed by atoms with E-state index in [1.165, 1.54) is 13.4 Å². The SMILES string of the molecule is COC(=O)CCC[n+]1ccc(-c2ncco2)cn1. The molecule has 0 aromatic carbocycles. The summed E-state index contributed by atoms with van der Waals surface area (Å²) < 4.78 is 11.5. The molecule has 0 unspecified atom stereocenters. The van der Waals surface area contributed by atoms with E-state index in [-0.39, 0.29) is 5.97 Å². The summed E-state index contributed by atoms with van der Waals surface area (Å²) in [4.78, 5) is 15.0. The van der Waals surface area contributed by atoms with Gasteiger partial charge in [0.15, 0.2) is 12.7 Å². The van der Waals surface area contributed by atoms with Gasteiger partial charge in [-0.1, -0.05) is 4.68 Å². The second-order valence-corrected chi connectivity index (χ2v) is 3.70. The van der Waals surface area contributed by atoms with Crippen LogP contribution in [0.5, 0.6) is 0 Å². The number of hydrogen-bond acceptors (Lipinski definition) is 5. The Labute approximate surface area is 104 Å². The molecule has 0 amide bonds. The van der Waals surface area contributed by atoms with Crippen molar-refractivity contribution < 1.29 is 18.6 Å². The number of carbonyl (C=O) groups excluding carboxylic acids is 1. The molecule has 2 heterocycles. The minimum absolute atomic E-state index is 0.202. The van der Waals surface area contributed by atoms with Crippen molar-refractivity contribution in [3.63, 3.8) is 0 Å². The third-order valence-electron chi connectivity index (χ3n) is 2.45. The first-order chi connectivity index (χ1) is 8.79. The van der Waals surface area contributed by atoms with E-state index in [0.717, 1.165) is 5.56 Å². The monoisotopic (exact) mass is 248 g/mol. The van der Waals surface area contributed by atoms with Crippen molar-refractivity contribution in [1.29, 1.82) is 0 Å². The topological polar surface area (TPSA) is 69.1 Å². The molecule has 0 saturated heterocycles. The molecule has 6 heteroatoms. The highest BCUT2D eigenvalue weighted by molar-refractivity contribution is 5.68. The molecule has 6 nitrogen and oxygen atoms in total. The van der Waals surface area contributed by atoms with Crippen LogP contribution in [0.15, 0.2) is 35.3 Å². The van der Waals surface area contributed by atoms with Gasteiger partial charge >= 0.3 is 5.97 Å². The molecular formula is C12H14N3O3+. The molecule has 2 rings (SSSR count). The molecule has 0 atom stereocenters. The minimum atomic E-state index is -0.202. The Kier molecular flexibility index (Phi) is 4.01. The fourth-order valence-electron chi connectivity index (χ4n) is 1.50. The first kappa shape index (κ1) is 12.2. The van der Waals surface area contributed by atoms with E-state index in [1.807, 2.05) is 12.3 Å². The Balaban J connectivity index is 1.90. The zero-order valence-corrected chi connectivity index (χ0v) is 10.1. The maximum Gasteiger partial charge on any atom is 0.305 e. The number of aromatic nitrogens is 3. The van der Waals surface area contributed by atoms with Crippen molar-refractivity contribution in [1.82, 2.24) is 10.1 Å². The Bertz CT molecular complexity index is 494. The van der Waals surface area contributed by atoms with Gasteiger partial charge in [0.25, 0.3) is 0 Å². The van der Waals surface area contributed by atoms with Crippen molar-refractivity contribution in [3.8, 4) is 11.5 Å². The van der Waals surface area contributed by atoms with E-state index in [9.17, 15) is 4.79 Å². The number of aryl methyl sites for hydroxylation is 1. The largest absolute Gasteiger partial charge is 0.469 e. The van der Waals surface area contributed by atoms with Gasteiger partial charge in [0.05, 0.1) is 25.3 Å². The normalized spacial score (nSPS) is 10.3. The Morgan fingerprint density at radius 2 is 2.44 bits per heavy atom. The van der Waals surface area contributed by atoms with Crippen LogP contribution < -0.4 is 4.68 Å². The van der Waals surface area contributed by atoms with E-state index in [1.54, 1.807) is 17.1 Å². The highest BCUT2D eigenvalue weighted by Crippen LogP contribution is 2.13. The molecule has 94 valence electrons. The second-order valence-electron chi connectivity index (χ2n) is 3.70. The van der Waals surface area contributed by atoms with Crippen molar-refractivity contribution in [2.75, 3.05) is 7.11 Å². The van der Waals surface area contributed by atoms with E-state index >= 15 is 0 Å². The predicted octanol–water partition coefficient (Wildman–Crippen LogP) is 0.977. The van der Waals surface area contributed by atoms with Gasteiger partial charge in [0.1, 0.15) is 12.5 Å². The average Bonchev–Trinajstić information content (AvgIpc) is 2.93. The molecule has 0 saturated carbocycles. The van der Waals surface area contributed by atoms with Crippen molar-refractivity contribution >= 4 is 5.97 Å². The number of oxazole rings is 1. The van der Waals surface area contributed by atoms with Crippen molar-refractivity contribution in [2.45, 2.75) is 19.4 Å². The Hall–Kier alpha value is -2.24. The van der Waals surface area contributed by atoms with Crippen LogP contribution in [-0.4, -0.2) is 23.2 Å². The van der Waals surface area contributed by atoms with Crippen molar-refractivity contribution in [3.05, 3.63) is 30.9 Å². The van der Waals surface area contributed by atoms with E-state index in [0.29, 0.717) is 25.3 Å². The average molecular weight is 248 g/mol. The molecule has 0 aliphatic rings. The number of nitrogens with zero attached hydrogens (tertiary/aromatic N) is 3. The lowest BCUT2D eigenvalue weighted by atomic mass is 10.3. The summed E-state index contributed by atoms with van der Waals surface area (Å²) in [5, 5.41) is 4.22. The number of esters is 1. The van der Waals surface area contributed by atoms with Crippen LogP contribution in [0, 0.1) is 0 Å². The molecule has 0 N–H and O–H groups in total. The van der Waals surface area contributed by atoms with E-state index in [4.69, 9.17) is 4.42 Å². The molecule has 0 aliphatic heterocycles. The van der Waals surface area contributed by atoms with Gasteiger partial charge in [0, 0.05) is 12.5 Å². The highest BCUT2D eigenvalue weighted by atomic mass is 16.5. The maximum atomic E-state index is 10.9. The highest BCUT2D eigenvalue weighted by Gasteiger charge is 2.08. The predicted molar refractivity (Wildman–Crippen MR) is 61.2 cm³/mol.